The molecular formula is C31H31NO7. The Morgan fingerprint density at radius 2 is 1.69 bits per heavy atom. The summed E-state index contributed by atoms with van der Waals surface area (Å²) in [6.07, 6.45) is -0.0308. The van der Waals surface area contributed by atoms with E-state index in [2.05, 4.69) is 0 Å². The lowest BCUT2D eigenvalue weighted by atomic mass is 9.94. The molecule has 0 radical (unpaired) electrons. The molecule has 1 N–H and O–H groups in total. The van der Waals surface area contributed by atoms with Gasteiger partial charge in [-0.1, -0.05) is 12.1 Å². The number of benzene rings is 3. The first-order valence-corrected chi connectivity index (χ1v) is 12.7. The summed E-state index contributed by atoms with van der Waals surface area (Å²) in [6, 6.07) is 17.4. The van der Waals surface area contributed by atoms with Gasteiger partial charge >= 0.3 is 5.97 Å². The van der Waals surface area contributed by atoms with Crippen LogP contribution in [0.5, 0.6) is 11.5 Å². The second-order valence-corrected chi connectivity index (χ2v) is 9.36. The van der Waals surface area contributed by atoms with Crippen LogP contribution in [0.2, 0.25) is 0 Å². The molecule has 0 aromatic heterocycles. The molecule has 1 aliphatic heterocycles. The normalized spacial score (nSPS) is 16.5. The molecule has 1 aliphatic rings. The minimum absolute atomic E-state index is 0.0308. The molecule has 1 saturated heterocycles. The largest absolute Gasteiger partial charge is 0.507 e. The molecule has 0 saturated carbocycles. The maximum Gasteiger partial charge on any atom is 0.338 e. The van der Waals surface area contributed by atoms with Crippen LogP contribution >= 0.6 is 0 Å². The summed E-state index contributed by atoms with van der Waals surface area (Å²) in [5.41, 5.74) is 2.37. The third-order valence-corrected chi connectivity index (χ3v) is 6.32. The van der Waals surface area contributed by atoms with Crippen LogP contribution in [0.15, 0.2) is 72.3 Å². The van der Waals surface area contributed by atoms with Crippen molar-refractivity contribution in [2.45, 2.75) is 39.8 Å². The number of nitrogens with zero attached hydrogens (tertiary/aromatic N) is 1. The molecule has 1 fully saturated rings. The zero-order valence-corrected chi connectivity index (χ0v) is 22.6. The Morgan fingerprint density at radius 3 is 2.31 bits per heavy atom. The van der Waals surface area contributed by atoms with Gasteiger partial charge in [-0.3, -0.25) is 14.5 Å². The van der Waals surface area contributed by atoms with Gasteiger partial charge in [-0.2, -0.15) is 0 Å². The van der Waals surface area contributed by atoms with E-state index in [-0.39, 0.29) is 24.0 Å². The van der Waals surface area contributed by atoms with Gasteiger partial charge in [-0.25, -0.2) is 4.79 Å². The summed E-state index contributed by atoms with van der Waals surface area (Å²) in [4.78, 5) is 40.4. The van der Waals surface area contributed by atoms with Crippen LogP contribution in [0.25, 0.3) is 5.76 Å². The van der Waals surface area contributed by atoms with Gasteiger partial charge < -0.3 is 19.3 Å². The first-order valence-electron chi connectivity index (χ1n) is 12.7. The quantitative estimate of drug-likeness (QED) is 0.176. The van der Waals surface area contributed by atoms with Crippen molar-refractivity contribution in [3.63, 3.8) is 0 Å². The number of hydrogen-bond acceptors (Lipinski definition) is 7. The monoisotopic (exact) mass is 529 g/mol. The number of carbonyl (C=O) groups is 3. The number of hydrogen-bond donors (Lipinski definition) is 1. The number of anilines is 1. The highest BCUT2D eigenvalue weighted by Gasteiger charge is 2.47. The minimum Gasteiger partial charge on any atom is -0.507 e. The molecule has 1 unspecified atom stereocenters. The summed E-state index contributed by atoms with van der Waals surface area (Å²) in [6.45, 7) is 7.63. The molecule has 202 valence electrons. The molecule has 0 bridgehead atoms. The molecule has 39 heavy (non-hydrogen) atoms. The molecule has 4 rings (SSSR count). The van der Waals surface area contributed by atoms with Gasteiger partial charge in [0, 0.05) is 11.3 Å². The van der Waals surface area contributed by atoms with Crippen LogP contribution in [-0.4, -0.2) is 42.6 Å². The highest BCUT2D eigenvalue weighted by molar-refractivity contribution is 6.51. The number of methoxy groups -OCH3 is 1. The molecule has 0 aliphatic carbocycles. The van der Waals surface area contributed by atoms with Crippen LogP contribution in [0.1, 0.15) is 53.9 Å². The first kappa shape index (κ1) is 27.4. The number of aliphatic hydroxyl groups excluding tert-OH is 1. The molecular weight excluding hydrogens is 498 g/mol. The van der Waals surface area contributed by atoms with E-state index in [1.54, 1.807) is 61.5 Å². The van der Waals surface area contributed by atoms with Crippen molar-refractivity contribution >= 4 is 29.1 Å². The molecule has 8 heteroatoms. The molecule has 0 spiro atoms. The molecule has 3 aromatic carbocycles. The van der Waals surface area contributed by atoms with Crippen LogP contribution in [0, 0.1) is 6.92 Å². The average Bonchev–Trinajstić information content (AvgIpc) is 3.19. The number of rotatable bonds is 8. The van der Waals surface area contributed by atoms with E-state index in [0.717, 1.165) is 5.56 Å². The van der Waals surface area contributed by atoms with Crippen LogP contribution in [0.3, 0.4) is 0 Å². The summed E-state index contributed by atoms with van der Waals surface area (Å²) in [7, 11) is 1.52. The van der Waals surface area contributed by atoms with Crippen molar-refractivity contribution in [2.75, 3.05) is 18.6 Å². The fraction of sp³-hybridized carbons (Fsp3) is 0.258. The van der Waals surface area contributed by atoms with Gasteiger partial charge in [-0.05, 0) is 93.4 Å². The number of amides is 1. The van der Waals surface area contributed by atoms with Gasteiger partial charge in [-0.15, -0.1) is 0 Å². The first-order chi connectivity index (χ1) is 18.7. The predicted octanol–water partition coefficient (Wildman–Crippen LogP) is 5.59. The smallest absolute Gasteiger partial charge is 0.338 e. The zero-order valence-electron chi connectivity index (χ0n) is 22.6. The van der Waals surface area contributed by atoms with Crippen molar-refractivity contribution in [3.8, 4) is 11.5 Å². The van der Waals surface area contributed by atoms with Gasteiger partial charge in [0.15, 0.2) is 0 Å². The number of carbonyl (C=O) groups excluding carboxylic acids is 3. The number of aliphatic hydroxyl groups is 1. The summed E-state index contributed by atoms with van der Waals surface area (Å²) >= 11 is 0. The van der Waals surface area contributed by atoms with E-state index in [9.17, 15) is 19.5 Å². The molecule has 1 amide bonds. The number of ketones is 1. The average molecular weight is 530 g/mol. The van der Waals surface area contributed by atoms with Crippen molar-refractivity contribution in [1.82, 2.24) is 0 Å². The van der Waals surface area contributed by atoms with Crippen molar-refractivity contribution in [2.24, 2.45) is 0 Å². The number of esters is 1. The fourth-order valence-electron chi connectivity index (χ4n) is 4.54. The van der Waals surface area contributed by atoms with E-state index < -0.39 is 23.7 Å². The Kier molecular flexibility index (Phi) is 8.04. The summed E-state index contributed by atoms with van der Waals surface area (Å²) in [5.74, 6) is -1.23. The predicted molar refractivity (Wildman–Crippen MR) is 147 cm³/mol. The van der Waals surface area contributed by atoms with Crippen LogP contribution in [-0.2, 0) is 14.3 Å². The van der Waals surface area contributed by atoms with Crippen molar-refractivity contribution in [3.05, 3.63) is 94.6 Å². The van der Waals surface area contributed by atoms with Gasteiger partial charge in [0.2, 0.25) is 0 Å². The van der Waals surface area contributed by atoms with Crippen LogP contribution in [0.4, 0.5) is 5.69 Å². The number of Topliss-reactive ketones (excluding diaryl/α,β-unsaturated/α-hetero) is 1. The van der Waals surface area contributed by atoms with E-state index in [0.29, 0.717) is 33.9 Å². The van der Waals surface area contributed by atoms with Gasteiger partial charge in [0.05, 0.1) is 37.0 Å². The van der Waals surface area contributed by atoms with Crippen LogP contribution < -0.4 is 14.4 Å². The standard InChI is InChI=1S/C31H31NO7/c1-6-38-31(36)20-10-13-23(14-11-20)32-27(21-8-7-9-24(17-21)37-5)26(29(34)30(32)35)28(33)22-12-15-25(19(4)16-22)39-18(2)3/h7-18,27,33H,6H2,1-5H3/b28-26+. The third kappa shape index (κ3) is 5.50. The Bertz CT molecular complexity index is 1440. The fourth-order valence-corrected chi connectivity index (χ4v) is 4.54. The molecule has 8 nitrogen and oxygen atoms in total. The van der Waals surface area contributed by atoms with E-state index in [4.69, 9.17) is 14.2 Å². The second-order valence-electron chi connectivity index (χ2n) is 9.36. The van der Waals surface area contributed by atoms with E-state index >= 15 is 0 Å². The number of ether oxygens (including phenoxy) is 3. The zero-order chi connectivity index (χ0) is 28.3. The minimum atomic E-state index is -0.944. The summed E-state index contributed by atoms with van der Waals surface area (Å²) < 4.78 is 16.2. The summed E-state index contributed by atoms with van der Waals surface area (Å²) in [5, 5.41) is 11.5. The number of aryl methyl sites for hydroxylation is 1. The lowest BCUT2D eigenvalue weighted by Gasteiger charge is -2.26. The Morgan fingerprint density at radius 1 is 1.00 bits per heavy atom. The second kappa shape index (κ2) is 11.4. The van der Waals surface area contributed by atoms with Crippen molar-refractivity contribution in [1.29, 1.82) is 0 Å². The SMILES string of the molecule is CCOC(=O)c1ccc(N2C(=O)C(=O)/C(=C(/O)c3ccc(OC(C)C)c(C)c3)C2c2cccc(OC)c2)cc1. The third-order valence-electron chi connectivity index (χ3n) is 6.32. The van der Waals surface area contributed by atoms with E-state index in [1.165, 1.54) is 24.1 Å². The maximum absolute atomic E-state index is 13.5. The van der Waals surface area contributed by atoms with Gasteiger partial charge in [0.1, 0.15) is 17.3 Å². The lowest BCUT2D eigenvalue weighted by molar-refractivity contribution is -0.132. The molecule has 1 atom stereocenters. The Hall–Kier alpha value is -4.59. The molecule has 1 heterocycles. The lowest BCUT2D eigenvalue weighted by Crippen LogP contribution is -2.29. The Balaban J connectivity index is 1.86. The topological polar surface area (TPSA) is 102 Å². The highest BCUT2D eigenvalue weighted by atomic mass is 16.5. The van der Waals surface area contributed by atoms with Crippen molar-refractivity contribution < 1.29 is 33.7 Å². The molecule has 3 aromatic rings. The highest BCUT2D eigenvalue weighted by Crippen LogP contribution is 2.43. The maximum atomic E-state index is 13.5. The van der Waals surface area contributed by atoms with Gasteiger partial charge in [0.25, 0.3) is 11.7 Å². The Labute approximate surface area is 227 Å². The van der Waals surface area contributed by atoms with E-state index in [1.807, 2.05) is 20.8 Å².